The summed E-state index contributed by atoms with van der Waals surface area (Å²) in [4.78, 5) is 2.39. The number of aryl methyl sites for hydroxylation is 2. The lowest BCUT2D eigenvalue weighted by molar-refractivity contribution is 0.832. The molecule has 0 spiro atoms. The van der Waals surface area contributed by atoms with Crippen LogP contribution in [-0.4, -0.2) is 0 Å². The van der Waals surface area contributed by atoms with Gasteiger partial charge in [-0.25, -0.2) is 0 Å². The molecule has 0 atom stereocenters. The average molecular weight is 892 g/mol. The van der Waals surface area contributed by atoms with Gasteiger partial charge in [-0.15, -0.1) is 0 Å². The molecule has 0 bridgehead atoms. The molecule has 0 radical (unpaired) electrons. The minimum Gasteiger partial charge on any atom is -0.310 e. The van der Waals surface area contributed by atoms with Gasteiger partial charge in [-0.3, -0.25) is 0 Å². The van der Waals surface area contributed by atoms with Crippen LogP contribution in [0.4, 0.5) is 17.1 Å². The van der Waals surface area contributed by atoms with Crippen molar-refractivity contribution in [3.63, 3.8) is 0 Å². The Bertz CT molecular complexity index is 3900. The lowest BCUT2D eigenvalue weighted by atomic mass is 9.84. The van der Waals surface area contributed by atoms with Gasteiger partial charge in [-0.1, -0.05) is 212 Å². The number of nitrogens with zero attached hydrogens (tertiary/aromatic N) is 1. The van der Waals surface area contributed by atoms with Crippen molar-refractivity contribution in [2.24, 2.45) is 0 Å². The van der Waals surface area contributed by atoms with Gasteiger partial charge in [-0.05, 0) is 178 Å². The summed E-state index contributed by atoms with van der Waals surface area (Å²) in [6, 6.07) is 96.6. The average Bonchev–Trinajstić information content (AvgIpc) is 3.45. The Morgan fingerprint density at radius 1 is 0.229 bits per heavy atom. The van der Waals surface area contributed by atoms with Gasteiger partial charge in [0.1, 0.15) is 0 Å². The molecule has 0 saturated heterocycles. The minimum absolute atomic E-state index is 0.988. The Morgan fingerprint density at radius 3 is 1.36 bits per heavy atom. The first kappa shape index (κ1) is 41.4. The quantitative estimate of drug-likeness (QED) is 0.161. The van der Waals surface area contributed by atoms with Gasteiger partial charge < -0.3 is 4.90 Å². The van der Waals surface area contributed by atoms with Crippen LogP contribution in [0.2, 0.25) is 0 Å². The van der Waals surface area contributed by atoms with E-state index < -0.39 is 0 Å². The fourth-order valence-electron chi connectivity index (χ4n) is 11.2. The maximum atomic E-state index is 2.47. The van der Waals surface area contributed by atoms with Crippen molar-refractivity contribution < 1.29 is 0 Å². The van der Waals surface area contributed by atoms with E-state index in [-0.39, 0.29) is 0 Å². The van der Waals surface area contributed by atoms with E-state index in [0.29, 0.717) is 0 Å². The molecule has 12 aromatic carbocycles. The maximum Gasteiger partial charge on any atom is 0.0468 e. The number of rotatable bonds is 6. The second kappa shape index (κ2) is 17.7. The highest BCUT2D eigenvalue weighted by molar-refractivity contribution is 6.02. The molecule has 1 nitrogen and oxygen atoms in total. The van der Waals surface area contributed by atoms with Crippen LogP contribution in [0.15, 0.2) is 261 Å². The first-order chi connectivity index (χ1) is 34.7. The number of anilines is 3. The molecule has 330 valence electrons. The van der Waals surface area contributed by atoms with E-state index in [4.69, 9.17) is 0 Å². The molecule has 0 amide bonds. The van der Waals surface area contributed by atoms with Crippen molar-refractivity contribution in [3.8, 4) is 66.8 Å². The van der Waals surface area contributed by atoms with Crippen LogP contribution in [0.1, 0.15) is 17.5 Å². The summed E-state index contributed by atoms with van der Waals surface area (Å²) < 4.78 is 0. The predicted octanol–water partition coefficient (Wildman–Crippen LogP) is 19.1. The molecule has 1 aliphatic carbocycles. The van der Waals surface area contributed by atoms with Gasteiger partial charge in [0.15, 0.2) is 0 Å². The minimum atomic E-state index is 0.988. The molecule has 13 rings (SSSR count). The Kier molecular flexibility index (Phi) is 10.5. The molecule has 12 aromatic rings. The fraction of sp³-hybridized carbons (Fsp3) is 0.0435. The van der Waals surface area contributed by atoms with Gasteiger partial charge in [0.05, 0.1) is 0 Å². The first-order valence-corrected chi connectivity index (χ1v) is 24.6. The first-order valence-electron chi connectivity index (χ1n) is 24.6. The lowest BCUT2D eigenvalue weighted by Gasteiger charge is -2.26. The van der Waals surface area contributed by atoms with E-state index in [2.05, 4.69) is 266 Å². The Morgan fingerprint density at radius 2 is 0.657 bits per heavy atom. The predicted molar refractivity (Wildman–Crippen MR) is 298 cm³/mol. The number of hydrogen-bond acceptors (Lipinski definition) is 1. The number of fused-ring (bicyclic) bond motifs is 12. The van der Waals surface area contributed by atoms with Crippen LogP contribution in [0.3, 0.4) is 0 Å². The highest BCUT2D eigenvalue weighted by Gasteiger charge is 2.22. The van der Waals surface area contributed by atoms with Crippen LogP contribution in [-0.2, 0) is 12.8 Å². The third kappa shape index (κ3) is 7.53. The molecular formula is C69H49N. The Balaban J connectivity index is 0.936. The topological polar surface area (TPSA) is 3.24 Å². The molecule has 0 fully saturated rings. The summed E-state index contributed by atoms with van der Waals surface area (Å²) in [7, 11) is 0. The molecule has 0 aliphatic heterocycles. The molecule has 0 aromatic heterocycles. The smallest absolute Gasteiger partial charge is 0.0468 e. The molecule has 0 unspecified atom stereocenters. The largest absolute Gasteiger partial charge is 0.310 e. The lowest BCUT2D eigenvalue weighted by Crippen LogP contribution is -2.10. The van der Waals surface area contributed by atoms with Crippen LogP contribution >= 0.6 is 0 Å². The highest BCUT2D eigenvalue weighted by atomic mass is 15.1. The van der Waals surface area contributed by atoms with Crippen molar-refractivity contribution in [3.05, 3.63) is 272 Å². The fourth-order valence-corrected chi connectivity index (χ4v) is 11.2. The maximum absolute atomic E-state index is 2.47. The molecule has 70 heavy (non-hydrogen) atoms. The molecule has 1 heteroatoms. The van der Waals surface area contributed by atoms with E-state index >= 15 is 0 Å². The van der Waals surface area contributed by atoms with Gasteiger partial charge in [0, 0.05) is 17.1 Å². The molecule has 0 heterocycles. The van der Waals surface area contributed by atoms with Crippen molar-refractivity contribution in [1.82, 2.24) is 0 Å². The summed E-state index contributed by atoms with van der Waals surface area (Å²) in [5.74, 6) is 0. The molecule has 0 N–H and O–H groups in total. The van der Waals surface area contributed by atoms with Crippen molar-refractivity contribution in [2.45, 2.75) is 19.3 Å². The van der Waals surface area contributed by atoms with Crippen molar-refractivity contribution >= 4 is 49.4 Å². The third-order valence-electron chi connectivity index (χ3n) is 14.6. The normalized spacial score (nSPS) is 12.1. The van der Waals surface area contributed by atoms with Gasteiger partial charge in [-0.2, -0.15) is 0 Å². The van der Waals surface area contributed by atoms with E-state index in [1.165, 1.54) is 110 Å². The van der Waals surface area contributed by atoms with Crippen molar-refractivity contribution in [1.29, 1.82) is 0 Å². The van der Waals surface area contributed by atoms with E-state index in [1.807, 2.05) is 0 Å². The highest BCUT2D eigenvalue weighted by Crippen LogP contribution is 2.46. The van der Waals surface area contributed by atoms with Crippen LogP contribution in [0, 0.1) is 0 Å². The standard InChI is InChI=1S/C69H49N/c1-3-15-47(16-4-1)49-31-37-57(38-32-49)70(58-22-13-21-52(44-58)48-17-5-2-6-18-48)59-39-33-54-43-53(29-30-55(54)45-59)56-36-42-68-65-26-12-11-25-64(65)66-40-34-50-19-7-9-23-60(50)62(66)27-14-28-63-61-24-10-8-20-51(61)35-41-67(63)69(68)46-56/h1-13,15-26,29-46H,14,27-28H2. The Hall–Kier alpha value is -8.78. The van der Waals surface area contributed by atoms with E-state index in [1.54, 1.807) is 0 Å². The molecular weight excluding hydrogens is 843 g/mol. The summed E-state index contributed by atoms with van der Waals surface area (Å²) in [5, 5.41) is 7.69. The van der Waals surface area contributed by atoms with Gasteiger partial charge >= 0.3 is 0 Å². The zero-order valence-corrected chi connectivity index (χ0v) is 38.9. The number of benzene rings is 12. The summed E-state index contributed by atoms with van der Waals surface area (Å²) in [6.07, 6.45) is 3.05. The second-order valence-corrected chi connectivity index (χ2v) is 18.7. The summed E-state index contributed by atoms with van der Waals surface area (Å²) in [6.45, 7) is 0. The van der Waals surface area contributed by atoms with E-state index in [9.17, 15) is 0 Å². The van der Waals surface area contributed by atoms with Crippen LogP contribution in [0.5, 0.6) is 0 Å². The monoisotopic (exact) mass is 891 g/mol. The van der Waals surface area contributed by atoms with Gasteiger partial charge in [0.25, 0.3) is 0 Å². The summed E-state index contributed by atoms with van der Waals surface area (Å²) >= 11 is 0. The SMILES string of the molecule is c1ccc(-c2ccc(N(c3cccc(-c4ccccc4)c3)c3ccc4cc(-c5ccc6c(c5)-c5ccc7ccccc7c5CCCc5c(ccc7ccccc57)-c5ccccc5-6)ccc4c3)cc2)cc1. The zero-order valence-electron chi connectivity index (χ0n) is 38.9. The van der Waals surface area contributed by atoms with Crippen molar-refractivity contribution in [2.75, 3.05) is 4.90 Å². The number of hydrogen-bond donors (Lipinski definition) is 0. The summed E-state index contributed by atoms with van der Waals surface area (Å²) in [5.41, 5.74) is 21.1. The third-order valence-corrected chi connectivity index (χ3v) is 14.6. The zero-order chi connectivity index (χ0) is 46.4. The molecule has 0 saturated carbocycles. The van der Waals surface area contributed by atoms with Crippen LogP contribution < -0.4 is 4.90 Å². The Labute approximate surface area is 410 Å². The molecule has 1 aliphatic rings. The van der Waals surface area contributed by atoms with E-state index in [0.717, 1.165) is 36.3 Å². The second-order valence-electron chi connectivity index (χ2n) is 18.7. The van der Waals surface area contributed by atoms with Gasteiger partial charge in [0.2, 0.25) is 0 Å². The van der Waals surface area contributed by atoms with Crippen LogP contribution in [0.25, 0.3) is 99.1 Å².